The third-order valence-corrected chi connectivity index (χ3v) is 2.61. The van der Waals surface area contributed by atoms with Gasteiger partial charge in [0.1, 0.15) is 17.3 Å². The zero-order valence-corrected chi connectivity index (χ0v) is 9.53. The SMILES string of the molecule is Cc1ccc(CCC(C)c2nc(N)n[nH]2)o1. The first kappa shape index (κ1) is 10.7. The summed E-state index contributed by atoms with van der Waals surface area (Å²) >= 11 is 0. The molecule has 5 nitrogen and oxygen atoms in total. The van der Waals surface area contributed by atoms with E-state index in [0.29, 0.717) is 11.9 Å². The van der Waals surface area contributed by atoms with Crippen LogP contribution in [0.1, 0.15) is 36.6 Å². The minimum atomic E-state index is 0.301. The second-order valence-corrected chi connectivity index (χ2v) is 4.03. The molecule has 2 heterocycles. The minimum absolute atomic E-state index is 0.301. The van der Waals surface area contributed by atoms with Gasteiger partial charge in [-0.15, -0.1) is 5.10 Å². The highest BCUT2D eigenvalue weighted by atomic mass is 16.3. The summed E-state index contributed by atoms with van der Waals surface area (Å²) < 4.78 is 5.50. The van der Waals surface area contributed by atoms with Gasteiger partial charge in [0.2, 0.25) is 5.95 Å². The molecule has 0 radical (unpaired) electrons. The van der Waals surface area contributed by atoms with E-state index in [-0.39, 0.29) is 0 Å². The third kappa shape index (κ3) is 2.42. The van der Waals surface area contributed by atoms with Crippen molar-refractivity contribution < 1.29 is 4.42 Å². The van der Waals surface area contributed by atoms with Gasteiger partial charge in [0.25, 0.3) is 0 Å². The van der Waals surface area contributed by atoms with Crippen molar-refractivity contribution in [2.24, 2.45) is 0 Å². The van der Waals surface area contributed by atoms with Gasteiger partial charge < -0.3 is 10.2 Å². The molecule has 2 aromatic heterocycles. The van der Waals surface area contributed by atoms with Gasteiger partial charge in [-0.25, -0.2) is 0 Å². The summed E-state index contributed by atoms with van der Waals surface area (Å²) in [5, 5.41) is 6.64. The van der Waals surface area contributed by atoms with Crippen LogP contribution in [0.5, 0.6) is 0 Å². The largest absolute Gasteiger partial charge is 0.466 e. The molecule has 0 aliphatic heterocycles. The maximum Gasteiger partial charge on any atom is 0.239 e. The fourth-order valence-electron chi connectivity index (χ4n) is 1.62. The molecule has 0 saturated heterocycles. The molecule has 2 aromatic rings. The number of nitrogens with one attached hydrogen (secondary N) is 1. The Kier molecular flexibility index (Phi) is 2.94. The van der Waals surface area contributed by atoms with E-state index in [4.69, 9.17) is 10.2 Å². The number of hydrogen-bond donors (Lipinski definition) is 2. The van der Waals surface area contributed by atoms with Crippen LogP contribution in [0, 0.1) is 6.92 Å². The molecular formula is C11H16N4O. The molecule has 0 amide bonds. The Bertz CT molecular complexity index is 460. The third-order valence-electron chi connectivity index (χ3n) is 2.61. The monoisotopic (exact) mass is 220 g/mol. The molecule has 1 unspecified atom stereocenters. The van der Waals surface area contributed by atoms with Gasteiger partial charge in [0.15, 0.2) is 0 Å². The number of anilines is 1. The second kappa shape index (κ2) is 4.38. The van der Waals surface area contributed by atoms with Crippen molar-refractivity contribution in [3.63, 3.8) is 0 Å². The molecule has 86 valence electrons. The molecule has 0 spiro atoms. The van der Waals surface area contributed by atoms with Crippen molar-refractivity contribution in [2.75, 3.05) is 5.73 Å². The zero-order valence-electron chi connectivity index (χ0n) is 9.53. The Morgan fingerprint density at radius 2 is 2.31 bits per heavy atom. The number of aryl methyl sites for hydroxylation is 2. The number of nitrogens with two attached hydrogens (primary N) is 1. The lowest BCUT2D eigenvalue weighted by Crippen LogP contribution is -1.98. The van der Waals surface area contributed by atoms with Crippen LogP contribution in [0.4, 0.5) is 5.95 Å². The van der Waals surface area contributed by atoms with Gasteiger partial charge in [0, 0.05) is 12.3 Å². The number of nitrogens with zero attached hydrogens (tertiary/aromatic N) is 2. The molecule has 5 heteroatoms. The van der Waals surface area contributed by atoms with Crippen molar-refractivity contribution >= 4 is 5.95 Å². The topological polar surface area (TPSA) is 80.7 Å². The summed E-state index contributed by atoms with van der Waals surface area (Å²) in [5.41, 5.74) is 5.46. The highest BCUT2D eigenvalue weighted by Gasteiger charge is 2.11. The van der Waals surface area contributed by atoms with E-state index in [1.165, 1.54) is 0 Å². The number of aromatic nitrogens is 3. The second-order valence-electron chi connectivity index (χ2n) is 4.03. The fraction of sp³-hybridized carbons (Fsp3) is 0.455. The smallest absolute Gasteiger partial charge is 0.239 e. The quantitative estimate of drug-likeness (QED) is 0.826. The highest BCUT2D eigenvalue weighted by molar-refractivity contribution is 5.14. The number of hydrogen-bond acceptors (Lipinski definition) is 4. The molecule has 1 atom stereocenters. The Labute approximate surface area is 94.1 Å². The lowest BCUT2D eigenvalue weighted by atomic mass is 10.0. The molecule has 0 fully saturated rings. The van der Waals surface area contributed by atoms with Crippen molar-refractivity contribution in [2.45, 2.75) is 32.6 Å². The summed E-state index contributed by atoms with van der Waals surface area (Å²) in [7, 11) is 0. The number of furan rings is 1. The Hall–Kier alpha value is -1.78. The van der Waals surface area contributed by atoms with E-state index in [1.807, 2.05) is 19.1 Å². The highest BCUT2D eigenvalue weighted by Crippen LogP contribution is 2.19. The van der Waals surface area contributed by atoms with Gasteiger partial charge in [-0.3, -0.25) is 5.10 Å². The average Bonchev–Trinajstić information content (AvgIpc) is 2.84. The van der Waals surface area contributed by atoms with Crippen LogP contribution < -0.4 is 5.73 Å². The molecule has 16 heavy (non-hydrogen) atoms. The number of rotatable bonds is 4. The molecule has 2 rings (SSSR count). The normalized spacial score (nSPS) is 12.9. The van der Waals surface area contributed by atoms with Crippen LogP contribution in [-0.2, 0) is 6.42 Å². The first-order valence-electron chi connectivity index (χ1n) is 5.38. The van der Waals surface area contributed by atoms with Gasteiger partial charge in [-0.2, -0.15) is 4.98 Å². The van der Waals surface area contributed by atoms with Gasteiger partial charge in [-0.05, 0) is 25.5 Å². The summed E-state index contributed by atoms with van der Waals surface area (Å²) in [5.74, 6) is 3.40. The van der Waals surface area contributed by atoms with E-state index >= 15 is 0 Å². The molecule has 0 bridgehead atoms. The van der Waals surface area contributed by atoms with Crippen molar-refractivity contribution in [3.8, 4) is 0 Å². The van der Waals surface area contributed by atoms with Crippen molar-refractivity contribution in [1.29, 1.82) is 0 Å². The Balaban J connectivity index is 1.91. The van der Waals surface area contributed by atoms with E-state index in [1.54, 1.807) is 0 Å². The lowest BCUT2D eigenvalue weighted by molar-refractivity contribution is 0.467. The predicted molar refractivity (Wildman–Crippen MR) is 61.0 cm³/mol. The average molecular weight is 220 g/mol. The van der Waals surface area contributed by atoms with E-state index in [0.717, 1.165) is 30.2 Å². The number of H-pyrrole nitrogens is 1. The Morgan fingerprint density at radius 1 is 1.50 bits per heavy atom. The van der Waals surface area contributed by atoms with Crippen LogP contribution in [0.25, 0.3) is 0 Å². The molecule has 0 saturated carbocycles. The van der Waals surface area contributed by atoms with Crippen molar-refractivity contribution in [3.05, 3.63) is 29.5 Å². The zero-order chi connectivity index (χ0) is 11.5. The maximum absolute atomic E-state index is 5.50. The van der Waals surface area contributed by atoms with Crippen molar-refractivity contribution in [1.82, 2.24) is 15.2 Å². The summed E-state index contributed by atoms with van der Waals surface area (Å²) in [6.07, 6.45) is 1.86. The van der Waals surface area contributed by atoms with E-state index < -0.39 is 0 Å². The molecule has 0 aliphatic carbocycles. The van der Waals surface area contributed by atoms with Gasteiger partial charge >= 0.3 is 0 Å². The van der Waals surface area contributed by atoms with Crippen LogP contribution in [0.2, 0.25) is 0 Å². The summed E-state index contributed by atoms with van der Waals surface area (Å²) in [6, 6.07) is 3.99. The van der Waals surface area contributed by atoms with Gasteiger partial charge in [0.05, 0.1) is 0 Å². The molecule has 3 N–H and O–H groups in total. The van der Waals surface area contributed by atoms with Crippen LogP contribution >= 0.6 is 0 Å². The summed E-state index contributed by atoms with van der Waals surface area (Å²) in [4.78, 5) is 4.11. The lowest BCUT2D eigenvalue weighted by Gasteiger charge is -2.05. The minimum Gasteiger partial charge on any atom is -0.466 e. The number of nitrogen functional groups attached to an aromatic ring is 1. The Morgan fingerprint density at radius 3 is 2.88 bits per heavy atom. The van der Waals surface area contributed by atoms with Crippen LogP contribution in [0.15, 0.2) is 16.5 Å². The first-order chi connectivity index (χ1) is 7.65. The van der Waals surface area contributed by atoms with E-state index in [9.17, 15) is 0 Å². The maximum atomic E-state index is 5.50. The first-order valence-corrected chi connectivity index (χ1v) is 5.38. The van der Waals surface area contributed by atoms with Crippen LogP contribution in [0.3, 0.4) is 0 Å². The van der Waals surface area contributed by atoms with Gasteiger partial charge in [-0.1, -0.05) is 6.92 Å². The van der Waals surface area contributed by atoms with Crippen LogP contribution in [-0.4, -0.2) is 15.2 Å². The molecule has 0 aliphatic rings. The molecule has 0 aromatic carbocycles. The standard InChI is InChI=1S/C11H16N4O/c1-7(10-13-11(12)15-14-10)3-5-9-6-4-8(2)16-9/h4,6-7H,3,5H2,1-2H3,(H3,12,13,14,15). The fourth-order valence-corrected chi connectivity index (χ4v) is 1.62. The summed E-state index contributed by atoms with van der Waals surface area (Å²) in [6.45, 7) is 4.04. The number of aromatic amines is 1. The predicted octanol–water partition coefficient (Wildman–Crippen LogP) is 2.02. The molecular weight excluding hydrogens is 204 g/mol. The van der Waals surface area contributed by atoms with E-state index in [2.05, 4.69) is 22.1 Å².